The fourth-order valence-electron chi connectivity index (χ4n) is 1.06. The van der Waals surface area contributed by atoms with Crippen LogP contribution in [0.15, 0.2) is 0 Å². The van der Waals surface area contributed by atoms with Crippen molar-refractivity contribution in [2.24, 2.45) is 0 Å². The van der Waals surface area contributed by atoms with E-state index in [0.29, 0.717) is 6.61 Å². The molecule has 1 saturated heterocycles. The molecule has 1 aliphatic heterocycles. The van der Waals surface area contributed by atoms with Crippen LogP contribution in [0.4, 0.5) is 0 Å². The van der Waals surface area contributed by atoms with E-state index in [1.807, 2.05) is 6.92 Å². The van der Waals surface area contributed by atoms with Crippen LogP contribution in [-0.4, -0.2) is 23.4 Å². The molecule has 0 unspecified atom stereocenters. The van der Waals surface area contributed by atoms with Crippen LogP contribution in [0.5, 0.6) is 0 Å². The van der Waals surface area contributed by atoms with Gasteiger partial charge in [0.15, 0.2) is 0 Å². The molecule has 0 saturated carbocycles. The first-order chi connectivity index (χ1) is 3.60. The molecule has 0 aromatic carbocycles. The van der Waals surface area contributed by atoms with Crippen molar-refractivity contribution in [1.29, 1.82) is 0 Å². The van der Waals surface area contributed by atoms with Crippen molar-refractivity contribution >= 4 is 0 Å². The molecule has 0 aromatic rings. The lowest BCUT2D eigenvalue weighted by Gasteiger charge is -2.10. The topological polar surface area (TPSA) is 29.5 Å². The fourth-order valence-corrected chi connectivity index (χ4v) is 1.06. The van der Waals surface area contributed by atoms with Crippen LogP contribution in [0.3, 0.4) is 0 Å². The van der Waals surface area contributed by atoms with E-state index in [1.54, 1.807) is 6.92 Å². The van der Waals surface area contributed by atoms with Crippen molar-refractivity contribution in [2.75, 3.05) is 6.61 Å². The van der Waals surface area contributed by atoms with Gasteiger partial charge in [-0.15, -0.1) is 0 Å². The van der Waals surface area contributed by atoms with Gasteiger partial charge in [-0.2, -0.15) is 0 Å². The van der Waals surface area contributed by atoms with Crippen molar-refractivity contribution in [3.8, 4) is 0 Å². The van der Waals surface area contributed by atoms with E-state index in [2.05, 4.69) is 0 Å². The highest BCUT2D eigenvalue weighted by atomic mass is 16.5. The molecule has 1 aliphatic rings. The zero-order valence-corrected chi connectivity index (χ0v) is 5.35. The normalized spacial score (nSPS) is 47.6. The third kappa shape index (κ3) is 1.20. The second-order valence-electron chi connectivity index (χ2n) is 2.82. The van der Waals surface area contributed by atoms with Gasteiger partial charge >= 0.3 is 0 Å². The van der Waals surface area contributed by atoms with Gasteiger partial charge < -0.3 is 9.84 Å². The third-order valence-electron chi connectivity index (χ3n) is 1.41. The van der Waals surface area contributed by atoms with Gasteiger partial charge in [-0.1, -0.05) is 0 Å². The summed E-state index contributed by atoms with van der Waals surface area (Å²) in [5.41, 5.74) is -0.556. The summed E-state index contributed by atoms with van der Waals surface area (Å²) in [6.07, 6.45) is 1.01. The molecular formula is C6H12O2. The quantitative estimate of drug-likeness (QED) is 0.500. The lowest BCUT2D eigenvalue weighted by molar-refractivity contribution is 0.0377. The summed E-state index contributed by atoms with van der Waals surface area (Å²) in [7, 11) is 0. The Morgan fingerprint density at radius 2 is 2.38 bits per heavy atom. The predicted octanol–water partition coefficient (Wildman–Crippen LogP) is 0.546. The molecule has 1 N–H and O–H groups in total. The minimum Gasteiger partial charge on any atom is -0.388 e. The average Bonchev–Trinajstić information content (AvgIpc) is 1.82. The minimum atomic E-state index is -0.556. The Balaban J connectivity index is 2.44. The number of aliphatic hydroxyl groups is 1. The van der Waals surface area contributed by atoms with Gasteiger partial charge in [-0.25, -0.2) is 0 Å². The maximum Gasteiger partial charge on any atom is 0.0876 e. The number of hydrogen-bond donors (Lipinski definition) is 1. The van der Waals surface area contributed by atoms with Gasteiger partial charge in [-0.05, 0) is 13.8 Å². The van der Waals surface area contributed by atoms with Gasteiger partial charge in [0.05, 0.1) is 18.3 Å². The monoisotopic (exact) mass is 116 g/mol. The summed E-state index contributed by atoms with van der Waals surface area (Å²) < 4.78 is 5.12. The highest BCUT2D eigenvalue weighted by molar-refractivity contribution is 4.80. The number of hydrogen-bond acceptors (Lipinski definition) is 2. The van der Waals surface area contributed by atoms with Crippen LogP contribution in [0, 0.1) is 0 Å². The highest BCUT2D eigenvalue weighted by Crippen LogP contribution is 2.22. The van der Waals surface area contributed by atoms with Gasteiger partial charge in [0.25, 0.3) is 0 Å². The van der Waals surface area contributed by atoms with Crippen molar-refractivity contribution in [2.45, 2.75) is 32.0 Å². The summed E-state index contributed by atoms with van der Waals surface area (Å²) in [4.78, 5) is 0. The standard InChI is InChI=1S/C6H12O2/c1-5-3-6(2,7)4-8-5/h5,7H,3-4H2,1-2H3/t5-,6+/m1/s1. The molecule has 1 fully saturated rings. The van der Waals surface area contributed by atoms with Crippen LogP contribution >= 0.6 is 0 Å². The summed E-state index contributed by atoms with van der Waals surface area (Å²) in [6, 6.07) is 0. The molecule has 2 heteroatoms. The fraction of sp³-hybridized carbons (Fsp3) is 1.00. The average molecular weight is 116 g/mol. The van der Waals surface area contributed by atoms with Gasteiger partial charge in [-0.3, -0.25) is 0 Å². The van der Waals surface area contributed by atoms with Crippen LogP contribution in [0.1, 0.15) is 20.3 Å². The number of rotatable bonds is 0. The van der Waals surface area contributed by atoms with Crippen LogP contribution in [0.25, 0.3) is 0 Å². The van der Waals surface area contributed by atoms with E-state index in [9.17, 15) is 5.11 Å². The molecular weight excluding hydrogens is 104 g/mol. The summed E-state index contributed by atoms with van der Waals surface area (Å²) in [6.45, 7) is 4.27. The van der Waals surface area contributed by atoms with Crippen LogP contribution in [-0.2, 0) is 4.74 Å². The summed E-state index contributed by atoms with van der Waals surface area (Å²) >= 11 is 0. The molecule has 0 spiro atoms. The molecule has 2 nitrogen and oxygen atoms in total. The molecule has 0 radical (unpaired) electrons. The van der Waals surface area contributed by atoms with Gasteiger partial charge in [0, 0.05) is 6.42 Å². The lowest BCUT2D eigenvalue weighted by atomic mass is 10.0. The van der Waals surface area contributed by atoms with Gasteiger partial charge in [0.2, 0.25) is 0 Å². The Kier molecular flexibility index (Phi) is 1.29. The van der Waals surface area contributed by atoms with E-state index in [-0.39, 0.29) is 6.10 Å². The first-order valence-electron chi connectivity index (χ1n) is 2.94. The Hall–Kier alpha value is -0.0800. The Morgan fingerprint density at radius 3 is 2.50 bits per heavy atom. The SMILES string of the molecule is C[C@@H]1C[C@](C)(O)CO1. The maximum absolute atomic E-state index is 9.24. The van der Waals surface area contributed by atoms with Crippen LogP contribution in [0.2, 0.25) is 0 Å². The third-order valence-corrected chi connectivity index (χ3v) is 1.41. The second-order valence-corrected chi connectivity index (χ2v) is 2.82. The Bertz CT molecular complexity index is 88.5. The van der Waals surface area contributed by atoms with Crippen molar-refractivity contribution in [3.05, 3.63) is 0 Å². The second kappa shape index (κ2) is 1.71. The van der Waals surface area contributed by atoms with E-state index >= 15 is 0 Å². The maximum atomic E-state index is 9.24. The lowest BCUT2D eigenvalue weighted by Crippen LogP contribution is -2.23. The molecule has 0 bridgehead atoms. The Morgan fingerprint density at radius 1 is 1.75 bits per heavy atom. The minimum absolute atomic E-state index is 0.241. The summed E-state index contributed by atoms with van der Waals surface area (Å²) in [5, 5.41) is 9.24. The van der Waals surface area contributed by atoms with E-state index in [4.69, 9.17) is 4.74 Å². The molecule has 1 rings (SSSR count). The zero-order valence-electron chi connectivity index (χ0n) is 5.35. The highest BCUT2D eigenvalue weighted by Gasteiger charge is 2.30. The predicted molar refractivity (Wildman–Crippen MR) is 30.7 cm³/mol. The van der Waals surface area contributed by atoms with E-state index in [1.165, 1.54) is 0 Å². The Labute approximate surface area is 49.5 Å². The van der Waals surface area contributed by atoms with Crippen molar-refractivity contribution < 1.29 is 9.84 Å². The van der Waals surface area contributed by atoms with Crippen LogP contribution < -0.4 is 0 Å². The zero-order chi connectivity index (χ0) is 6.20. The molecule has 0 aliphatic carbocycles. The number of ether oxygens (including phenoxy) is 1. The molecule has 1 heterocycles. The van der Waals surface area contributed by atoms with Crippen molar-refractivity contribution in [1.82, 2.24) is 0 Å². The first-order valence-corrected chi connectivity index (χ1v) is 2.94. The molecule has 48 valence electrons. The first kappa shape index (κ1) is 6.05. The largest absolute Gasteiger partial charge is 0.388 e. The van der Waals surface area contributed by atoms with Crippen molar-refractivity contribution in [3.63, 3.8) is 0 Å². The molecule has 8 heavy (non-hydrogen) atoms. The van der Waals surface area contributed by atoms with E-state index < -0.39 is 5.60 Å². The molecule has 0 aromatic heterocycles. The molecule has 2 atom stereocenters. The van der Waals surface area contributed by atoms with Gasteiger partial charge in [0.1, 0.15) is 0 Å². The molecule has 0 amide bonds. The van der Waals surface area contributed by atoms with E-state index in [0.717, 1.165) is 6.42 Å². The summed E-state index contributed by atoms with van der Waals surface area (Å²) in [5.74, 6) is 0. The smallest absolute Gasteiger partial charge is 0.0876 e.